The molecule has 0 saturated carbocycles. The largest absolute Gasteiger partial charge is 0.426 e. The Labute approximate surface area is 114 Å². The number of Topliss-reactive ketones (excluding diaryl/α,β-unsaturated/α-hetero) is 1. The molecule has 1 N–H and O–H groups in total. The predicted octanol–water partition coefficient (Wildman–Crippen LogP) is 2.99. The van der Waals surface area contributed by atoms with E-state index in [9.17, 15) is 31.1 Å². The Bertz CT molecular complexity index is 553. The molecule has 0 spiro atoms. The highest BCUT2D eigenvalue weighted by Gasteiger charge is 2.70. The monoisotopic (exact) mass is 311 g/mol. The van der Waals surface area contributed by atoms with Crippen molar-refractivity contribution in [3.8, 4) is 6.07 Å². The predicted molar refractivity (Wildman–Crippen MR) is 57.2 cm³/mol. The maximum atomic E-state index is 12.4. The second-order valence-electron chi connectivity index (χ2n) is 4.14. The Hall–Kier alpha value is -2.08. The summed E-state index contributed by atoms with van der Waals surface area (Å²) in [5, 5.41) is 17.4. The SMILES string of the molecule is N#Cc1ccc(C(=O)CC(O)(C(F)(F)F)C(F)(F)F)cc1. The van der Waals surface area contributed by atoms with Crippen LogP contribution in [0.4, 0.5) is 26.3 Å². The van der Waals surface area contributed by atoms with Crippen LogP contribution in [0.15, 0.2) is 24.3 Å². The number of hydrogen-bond donors (Lipinski definition) is 1. The van der Waals surface area contributed by atoms with Crippen LogP contribution in [0.1, 0.15) is 22.3 Å². The fourth-order valence-corrected chi connectivity index (χ4v) is 1.43. The van der Waals surface area contributed by atoms with Gasteiger partial charge in [-0.15, -0.1) is 0 Å². The van der Waals surface area contributed by atoms with Crippen molar-refractivity contribution in [3.05, 3.63) is 35.4 Å². The summed E-state index contributed by atoms with van der Waals surface area (Å²) < 4.78 is 74.6. The Morgan fingerprint density at radius 1 is 1.05 bits per heavy atom. The number of benzene rings is 1. The van der Waals surface area contributed by atoms with Crippen molar-refractivity contribution in [2.24, 2.45) is 0 Å². The molecule has 0 aromatic heterocycles. The zero-order valence-electron chi connectivity index (χ0n) is 10.1. The van der Waals surface area contributed by atoms with Gasteiger partial charge in [-0.25, -0.2) is 0 Å². The zero-order chi connectivity index (χ0) is 16.5. The van der Waals surface area contributed by atoms with Gasteiger partial charge < -0.3 is 5.11 Å². The molecule has 114 valence electrons. The molecule has 0 atom stereocenters. The summed E-state index contributed by atoms with van der Waals surface area (Å²) in [5.74, 6) is -1.54. The summed E-state index contributed by atoms with van der Waals surface area (Å²) in [6, 6.07) is 5.62. The smallest absolute Gasteiger partial charge is 0.373 e. The summed E-state index contributed by atoms with van der Waals surface area (Å²) in [7, 11) is 0. The molecule has 3 nitrogen and oxygen atoms in total. The molecule has 0 heterocycles. The molecule has 0 radical (unpaired) electrons. The van der Waals surface area contributed by atoms with Gasteiger partial charge in [-0.2, -0.15) is 31.6 Å². The molecule has 0 aliphatic rings. The number of halogens is 6. The minimum absolute atomic E-state index is 0.0773. The first-order chi connectivity index (χ1) is 9.42. The first-order valence-electron chi connectivity index (χ1n) is 5.31. The first kappa shape index (κ1) is 17.0. The number of alkyl halides is 6. The molecule has 0 saturated heterocycles. The van der Waals surface area contributed by atoms with E-state index in [2.05, 4.69) is 0 Å². The summed E-state index contributed by atoms with van der Waals surface area (Å²) >= 11 is 0. The molecule has 1 aromatic rings. The highest BCUT2D eigenvalue weighted by Crippen LogP contribution is 2.45. The number of nitrogens with zero attached hydrogens (tertiary/aromatic N) is 1. The highest BCUT2D eigenvalue weighted by atomic mass is 19.4. The van der Waals surface area contributed by atoms with Crippen LogP contribution >= 0.6 is 0 Å². The number of nitriles is 1. The number of ketones is 1. The number of carbonyl (C=O) groups excluding carboxylic acids is 1. The summed E-state index contributed by atoms with van der Waals surface area (Å²) in [6.07, 6.45) is -14.3. The van der Waals surface area contributed by atoms with Gasteiger partial charge in [0.05, 0.1) is 18.1 Å². The Balaban J connectivity index is 3.10. The van der Waals surface area contributed by atoms with E-state index < -0.39 is 35.7 Å². The van der Waals surface area contributed by atoms with E-state index in [-0.39, 0.29) is 5.56 Å². The topological polar surface area (TPSA) is 61.1 Å². The van der Waals surface area contributed by atoms with Gasteiger partial charge in [0.2, 0.25) is 0 Å². The van der Waals surface area contributed by atoms with E-state index in [1.54, 1.807) is 6.07 Å². The van der Waals surface area contributed by atoms with Gasteiger partial charge in [0, 0.05) is 5.56 Å². The Kier molecular flexibility index (Phi) is 4.34. The van der Waals surface area contributed by atoms with Gasteiger partial charge in [0.1, 0.15) is 0 Å². The van der Waals surface area contributed by atoms with Gasteiger partial charge in [-0.05, 0) is 12.1 Å². The summed E-state index contributed by atoms with van der Waals surface area (Å²) in [5.41, 5.74) is -5.51. The first-order valence-corrected chi connectivity index (χ1v) is 5.31. The molecule has 1 rings (SSSR count). The van der Waals surface area contributed by atoms with Crippen LogP contribution in [0.25, 0.3) is 0 Å². The van der Waals surface area contributed by atoms with Crippen molar-refractivity contribution in [3.63, 3.8) is 0 Å². The lowest BCUT2D eigenvalue weighted by Crippen LogP contribution is -2.57. The molecule has 21 heavy (non-hydrogen) atoms. The van der Waals surface area contributed by atoms with E-state index in [0.29, 0.717) is 0 Å². The highest BCUT2D eigenvalue weighted by molar-refractivity contribution is 5.96. The molecule has 0 fully saturated rings. The fraction of sp³-hybridized carbons (Fsp3) is 0.333. The quantitative estimate of drug-likeness (QED) is 0.689. The van der Waals surface area contributed by atoms with Crippen LogP contribution in [-0.4, -0.2) is 28.8 Å². The van der Waals surface area contributed by atoms with Gasteiger partial charge in [0.15, 0.2) is 5.78 Å². The lowest BCUT2D eigenvalue weighted by molar-refractivity contribution is -0.365. The summed E-state index contributed by atoms with van der Waals surface area (Å²) in [4.78, 5) is 11.5. The van der Waals surface area contributed by atoms with Crippen LogP contribution in [0.2, 0.25) is 0 Å². The molecular weight excluding hydrogens is 304 g/mol. The van der Waals surface area contributed by atoms with Crippen molar-refractivity contribution < 1.29 is 36.2 Å². The molecule has 0 amide bonds. The molecule has 1 aromatic carbocycles. The van der Waals surface area contributed by atoms with Gasteiger partial charge in [-0.1, -0.05) is 12.1 Å². The molecule has 0 bridgehead atoms. The second kappa shape index (κ2) is 5.37. The van der Waals surface area contributed by atoms with Gasteiger partial charge in [0.25, 0.3) is 5.60 Å². The Morgan fingerprint density at radius 3 is 1.81 bits per heavy atom. The number of rotatable bonds is 3. The molecule has 0 aliphatic heterocycles. The third kappa shape index (κ3) is 3.33. The van der Waals surface area contributed by atoms with Crippen LogP contribution < -0.4 is 0 Å². The maximum absolute atomic E-state index is 12.4. The van der Waals surface area contributed by atoms with E-state index in [4.69, 9.17) is 10.4 Å². The molecule has 9 heteroatoms. The van der Waals surface area contributed by atoms with Crippen molar-refractivity contribution in [1.82, 2.24) is 0 Å². The minimum atomic E-state index is -6.05. The normalized spacial score (nSPS) is 12.9. The standard InChI is InChI=1S/C12H7F6NO2/c13-11(14,15)10(21,12(16,17)18)5-9(20)8-3-1-7(6-19)2-4-8/h1-4,21H,5H2. The van der Waals surface area contributed by atoms with E-state index in [1.807, 2.05) is 0 Å². The van der Waals surface area contributed by atoms with Crippen LogP contribution in [0, 0.1) is 11.3 Å². The summed E-state index contributed by atoms with van der Waals surface area (Å²) in [6.45, 7) is 0. The third-order valence-corrected chi connectivity index (χ3v) is 2.69. The number of hydrogen-bond acceptors (Lipinski definition) is 3. The van der Waals surface area contributed by atoms with Crippen LogP contribution in [-0.2, 0) is 0 Å². The fourth-order valence-electron chi connectivity index (χ4n) is 1.43. The lowest BCUT2D eigenvalue weighted by Gasteiger charge is -2.31. The van der Waals surface area contributed by atoms with Gasteiger partial charge in [-0.3, -0.25) is 4.79 Å². The van der Waals surface area contributed by atoms with Gasteiger partial charge >= 0.3 is 12.4 Å². The molecule has 0 aliphatic carbocycles. The van der Waals surface area contributed by atoms with E-state index in [0.717, 1.165) is 24.3 Å². The number of aliphatic hydroxyl groups is 1. The average Bonchev–Trinajstić information content (AvgIpc) is 2.36. The number of carbonyl (C=O) groups is 1. The average molecular weight is 311 g/mol. The minimum Gasteiger partial charge on any atom is -0.373 e. The Morgan fingerprint density at radius 2 is 1.48 bits per heavy atom. The van der Waals surface area contributed by atoms with Crippen molar-refractivity contribution >= 4 is 5.78 Å². The van der Waals surface area contributed by atoms with Crippen LogP contribution in [0.3, 0.4) is 0 Å². The van der Waals surface area contributed by atoms with Crippen molar-refractivity contribution in [2.75, 3.05) is 0 Å². The van der Waals surface area contributed by atoms with E-state index in [1.165, 1.54) is 0 Å². The lowest BCUT2D eigenvalue weighted by atomic mass is 9.92. The second-order valence-corrected chi connectivity index (χ2v) is 4.14. The molecule has 0 unspecified atom stereocenters. The van der Waals surface area contributed by atoms with Crippen LogP contribution in [0.5, 0.6) is 0 Å². The van der Waals surface area contributed by atoms with E-state index >= 15 is 0 Å². The maximum Gasteiger partial charge on any atom is 0.426 e. The zero-order valence-corrected chi connectivity index (χ0v) is 10.1. The molecular formula is C12H7F6NO2. The van der Waals surface area contributed by atoms with Crippen molar-refractivity contribution in [1.29, 1.82) is 5.26 Å². The third-order valence-electron chi connectivity index (χ3n) is 2.69. The van der Waals surface area contributed by atoms with Crippen molar-refractivity contribution in [2.45, 2.75) is 24.4 Å².